The molecule has 1 heterocycles. The molecule has 0 aromatic heterocycles. The third kappa shape index (κ3) is 3.64. The third-order valence-corrected chi connectivity index (χ3v) is 5.45. The summed E-state index contributed by atoms with van der Waals surface area (Å²) in [5.74, 6) is -0.265. The van der Waals surface area contributed by atoms with Crippen LogP contribution in [0.25, 0.3) is 0 Å². The van der Waals surface area contributed by atoms with Gasteiger partial charge in [-0.3, -0.25) is 9.80 Å². The van der Waals surface area contributed by atoms with Gasteiger partial charge in [0.1, 0.15) is 5.71 Å². The van der Waals surface area contributed by atoms with Crippen LogP contribution < -0.4 is 10.3 Å². The fraction of sp³-hybridized carbons (Fsp3) is 0.167. The highest BCUT2D eigenvalue weighted by molar-refractivity contribution is 6.42. The molecule has 146 valence electrons. The number of nitrogens with one attached hydrogen (secondary N) is 1. The number of rotatable bonds is 5. The first kappa shape index (κ1) is 19.2. The molecule has 0 aliphatic carbocycles. The van der Waals surface area contributed by atoms with Gasteiger partial charge in [-0.25, -0.2) is 0 Å². The number of ketones is 1. The maximum atomic E-state index is 12.6. The molecule has 0 saturated heterocycles. The molecule has 1 aliphatic heterocycles. The Hall–Kier alpha value is -3.11. The lowest BCUT2D eigenvalue weighted by Crippen LogP contribution is -2.26. The van der Waals surface area contributed by atoms with E-state index < -0.39 is 0 Å². The normalized spacial score (nSPS) is 18.4. The highest BCUT2D eigenvalue weighted by Gasteiger charge is 2.42. The molecule has 2 atom stereocenters. The van der Waals surface area contributed by atoms with Crippen molar-refractivity contribution in [2.24, 2.45) is 5.10 Å². The average molecular weight is 404 g/mol. The fourth-order valence-electron chi connectivity index (χ4n) is 3.93. The van der Waals surface area contributed by atoms with Gasteiger partial charge in [-0.05, 0) is 35.4 Å². The van der Waals surface area contributed by atoms with Crippen LogP contribution in [-0.4, -0.2) is 18.5 Å². The number of hydrogen-bond acceptors (Lipinski definition) is 4. The number of carbonyl (C=O) groups excluding carboxylic acids is 1. The van der Waals surface area contributed by atoms with Crippen LogP contribution in [0.5, 0.6) is 0 Å². The van der Waals surface area contributed by atoms with Gasteiger partial charge in [0.25, 0.3) is 0 Å². The molecule has 0 radical (unpaired) electrons. The molecule has 29 heavy (non-hydrogen) atoms. The van der Waals surface area contributed by atoms with E-state index in [1.54, 1.807) is 6.92 Å². The van der Waals surface area contributed by atoms with Gasteiger partial charge in [-0.15, -0.1) is 0 Å². The Morgan fingerprint density at radius 3 is 2.34 bits per heavy atom. The zero-order chi connectivity index (χ0) is 20.4. The molecule has 0 spiro atoms. The minimum absolute atomic E-state index is 0.0413. The number of benzene rings is 3. The van der Waals surface area contributed by atoms with E-state index >= 15 is 0 Å². The van der Waals surface area contributed by atoms with Crippen LogP contribution in [0.1, 0.15) is 30.0 Å². The number of hydrazone groups is 1. The minimum atomic E-state index is -0.224. The van der Waals surface area contributed by atoms with Gasteiger partial charge in [0.05, 0.1) is 23.3 Å². The minimum Gasteiger partial charge on any atom is -0.386 e. The van der Waals surface area contributed by atoms with Gasteiger partial charge in [0, 0.05) is 19.0 Å². The molecular weight excluding hydrogens is 382 g/mol. The molecule has 0 bridgehead atoms. The van der Waals surface area contributed by atoms with Gasteiger partial charge in [-0.1, -0.05) is 66.2 Å². The Morgan fingerprint density at radius 1 is 0.966 bits per heavy atom. The number of halogens is 1. The summed E-state index contributed by atoms with van der Waals surface area (Å²) >= 11 is 6.30. The van der Waals surface area contributed by atoms with E-state index in [1.165, 1.54) is 0 Å². The first-order chi connectivity index (χ1) is 14.1. The maximum Gasteiger partial charge on any atom is 0.176 e. The number of carbonyl (C=O) groups is 1. The summed E-state index contributed by atoms with van der Waals surface area (Å²) in [6.07, 6.45) is 0. The quantitative estimate of drug-likeness (QED) is 0.596. The molecule has 4 rings (SSSR count). The van der Waals surface area contributed by atoms with Crippen molar-refractivity contribution in [1.82, 2.24) is 0 Å². The smallest absolute Gasteiger partial charge is 0.176 e. The maximum absolute atomic E-state index is 12.6. The monoisotopic (exact) mass is 403 g/mol. The third-order valence-electron chi connectivity index (χ3n) is 5.22. The Bertz CT molecular complexity index is 1060. The highest BCUT2D eigenvalue weighted by atomic mass is 35.5. The molecule has 0 amide bonds. The lowest BCUT2D eigenvalue weighted by atomic mass is 9.83. The Morgan fingerprint density at radius 2 is 1.66 bits per heavy atom. The topological polar surface area (TPSA) is 44.7 Å². The van der Waals surface area contributed by atoms with Gasteiger partial charge in [0.2, 0.25) is 0 Å². The summed E-state index contributed by atoms with van der Waals surface area (Å²) in [6.45, 7) is 1.58. The van der Waals surface area contributed by atoms with E-state index in [-0.39, 0.29) is 17.7 Å². The van der Waals surface area contributed by atoms with Crippen LogP contribution >= 0.6 is 11.6 Å². The molecule has 1 aliphatic rings. The standard InChI is InChI=1S/C24H22ClN3O/c1-16(29)23-22(18-11-8-12-19(25)15-18)24(17-9-4-3-5-10-17)28(27-23)21-14-7-6-13-20(21)26-2/h3-15,22,24,26H,1-2H3. The van der Waals surface area contributed by atoms with Gasteiger partial charge in [0.15, 0.2) is 5.78 Å². The van der Waals surface area contributed by atoms with Crippen molar-refractivity contribution in [2.45, 2.75) is 18.9 Å². The molecule has 5 heteroatoms. The number of hydrogen-bond donors (Lipinski definition) is 1. The molecule has 0 saturated carbocycles. The Kier molecular flexibility index (Phi) is 5.36. The lowest BCUT2D eigenvalue weighted by molar-refractivity contribution is -0.111. The van der Waals surface area contributed by atoms with Gasteiger partial charge in [-0.2, -0.15) is 5.10 Å². The number of para-hydroxylation sites is 2. The lowest BCUT2D eigenvalue weighted by Gasteiger charge is -2.30. The van der Waals surface area contributed by atoms with Gasteiger partial charge >= 0.3 is 0 Å². The Balaban J connectivity index is 1.93. The SMILES string of the molecule is CNc1ccccc1N1N=C(C(C)=O)C(c2cccc(Cl)c2)C1c1ccccc1. The second-order valence-electron chi connectivity index (χ2n) is 7.04. The van der Waals surface area contributed by atoms with Crippen LogP contribution in [0.15, 0.2) is 84.0 Å². The number of Topliss-reactive ketones (excluding diaryl/α,β-unsaturated/α-hetero) is 1. The average Bonchev–Trinajstić information content (AvgIpc) is 3.15. The van der Waals surface area contributed by atoms with Crippen LogP contribution in [0, 0.1) is 0 Å². The number of anilines is 2. The zero-order valence-corrected chi connectivity index (χ0v) is 17.1. The highest BCUT2D eigenvalue weighted by Crippen LogP contribution is 2.46. The van der Waals surface area contributed by atoms with E-state index in [4.69, 9.17) is 16.7 Å². The van der Waals surface area contributed by atoms with Crippen LogP contribution in [0.4, 0.5) is 11.4 Å². The summed E-state index contributed by atoms with van der Waals surface area (Å²) in [5, 5.41) is 10.7. The van der Waals surface area contributed by atoms with Crippen LogP contribution in [0.3, 0.4) is 0 Å². The van der Waals surface area contributed by atoms with E-state index in [1.807, 2.05) is 78.8 Å². The summed E-state index contributed by atoms with van der Waals surface area (Å²) in [4.78, 5) is 12.6. The van der Waals surface area contributed by atoms with Crippen LogP contribution in [0.2, 0.25) is 5.02 Å². The second-order valence-corrected chi connectivity index (χ2v) is 7.48. The zero-order valence-electron chi connectivity index (χ0n) is 16.3. The molecule has 3 aromatic rings. The predicted octanol–water partition coefficient (Wildman–Crippen LogP) is 5.67. The van der Waals surface area contributed by atoms with E-state index in [0.29, 0.717) is 10.7 Å². The molecular formula is C24H22ClN3O. The van der Waals surface area contributed by atoms with E-state index in [0.717, 1.165) is 22.5 Å². The van der Waals surface area contributed by atoms with E-state index in [9.17, 15) is 4.79 Å². The summed E-state index contributed by atoms with van der Waals surface area (Å²) < 4.78 is 0. The molecule has 1 N–H and O–H groups in total. The number of nitrogens with zero attached hydrogens (tertiary/aromatic N) is 2. The Labute approximate surface area is 175 Å². The molecule has 3 aromatic carbocycles. The summed E-state index contributed by atoms with van der Waals surface area (Å²) in [6, 6.07) is 25.7. The van der Waals surface area contributed by atoms with Crippen LogP contribution in [-0.2, 0) is 4.79 Å². The summed E-state index contributed by atoms with van der Waals surface area (Å²) in [7, 11) is 1.89. The van der Waals surface area contributed by atoms with Crippen molar-refractivity contribution in [3.05, 3.63) is 95.0 Å². The second kappa shape index (κ2) is 8.10. The first-order valence-corrected chi connectivity index (χ1v) is 9.94. The van der Waals surface area contributed by atoms with Crippen molar-refractivity contribution in [3.63, 3.8) is 0 Å². The fourth-order valence-corrected chi connectivity index (χ4v) is 4.13. The van der Waals surface area contributed by atoms with Crippen molar-refractivity contribution < 1.29 is 4.79 Å². The predicted molar refractivity (Wildman–Crippen MR) is 120 cm³/mol. The van der Waals surface area contributed by atoms with Crippen molar-refractivity contribution in [2.75, 3.05) is 17.4 Å². The first-order valence-electron chi connectivity index (χ1n) is 9.56. The largest absolute Gasteiger partial charge is 0.386 e. The molecule has 4 nitrogen and oxygen atoms in total. The summed E-state index contributed by atoms with van der Waals surface area (Å²) in [5.41, 5.74) is 4.47. The van der Waals surface area contributed by atoms with Crippen molar-refractivity contribution in [1.29, 1.82) is 0 Å². The van der Waals surface area contributed by atoms with Crippen molar-refractivity contribution in [3.8, 4) is 0 Å². The molecule has 0 fully saturated rings. The van der Waals surface area contributed by atoms with Crippen molar-refractivity contribution >= 4 is 34.5 Å². The molecule has 2 unspecified atom stereocenters. The van der Waals surface area contributed by atoms with Gasteiger partial charge < -0.3 is 5.32 Å². The van der Waals surface area contributed by atoms with E-state index in [2.05, 4.69) is 17.4 Å².